The second-order valence-electron chi connectivity index (χ2n) is 11.8. The van der Waals surface area contributed by atoms with Crippen LogP contribution in [0, 0.1) is 16.7 Å². The SMILES string of the molecule is CC(=C(CCOC(=O)C(N)Cc1ccc(OC(=O)C(C)(C)C)c(OC(=O)C(C)(C)C)c1)C(C)C(S)S)N(C)C=O. The van der Waals surface area contributed by atoms with Crippen LogP contribution in [0.5, 0.6) is 11.5 Å². The van der Waals surface area contributed by atoms with E-state index in [9.17, 15) is 19.2 Å². The average Bonchev–Trinajstić information content (AvgIpc) is 2.85. The third-order valence-electron chi connectivity index (χ3n) is 6.16. The van der Waals surface area contributed by atoms with Crippen LogP contribution in [0.1, 0.15) is 67.4 Å². The Labute approximate surface area is 249 Å². The first-order valence-corrected chi connectivity index (χ1v) is 14.1. The highest BCUT2D eigenvalue weighted by Crippen LogP contribution is 2.33. The summed E-state index contributed by atoms with van der Waals surface area (Å²) < 4.78 is 16.3. The Morgan fingerprint density at radius 1 is 1.00 bits per heavy atom. The third-order valence-corrected chi connectivity index (χ3v) is 7.06. The lowest BCUT2D eigenvalue weighted by Gasteiger charge is -2.24. The van der Waals surface area contributed by atoms with Gasteiger partial charge < -0.3 is 24.8 Å². The minimum Gasteiger partial charge on any atom is -0.464 e. The first kappa shape index (κ1) is 35.5. The molecule has 0 aromatic heterocycles. The summed E-state index contributed by atoms with van der Waals surface area (Å²) in [6.07, 6.45) is 1.17. The molecule has 2 unspecified atom stereocenters. The predicted octanol–water partition coefficient (Wildman–Crippen LogP) is 4.58. The van der Waals surface area contributed by atoms with Crippen LogP contribution in [-0.2, 0) is 30.3 Å². The van der Waals surface area contributed by atoms with Gasteiger partial charge in [-0.15, -0.1) is 0 Å². The van der Waals surface area contributed by atoms with Crippen molar-refractivity contribution < 1.29 is 33.4 Å². The van der Waals surface area contributed by atoms with E-state index in [2.05, 4.69) is 25.3 Å². The molecule has 0 saturated heterocycles. The van der Waals surface area contributed by atoms with Gasteiger partial charge in [0.25, 0.3) is 0 Å². The number of allylic oxidation sites excluding steroid dienone is 1. The molecule has 0 radical (unpaired) electrons. The molecule has 224 valence electrons. The van der Waals surface area contributed by atoms with Gasteiger partial charge in [-0.25, -0.2) is 0 Å². The molecule has 9 nitrogen and oxygen atoms in total. The Hall–Kier alpha value is -2.50. The Morgan fingerprint density at radius 2 is 1.52 bits per heavy atom. The van der Waals surface area contributed by atoms with Crippen molar-refractivity contribution >= 4 is 49.6 Å². The van der Waals surface area contributed by atoms with Gasteiger partial charge in [-0.05, 0) is 84.1 Å². The fourth-order valence-electron chi connectivity index (χ4n) is 3.28. The monoisotopic (exact) mass is 596 g/mol. The van der Waals surface area contributed by atoms with Crippen molar-refractivity contribution in [1.29, 1.82) is 0 Å². The number of hydrogen-bond acceptors (Lipinski definition) is 10. The summed E-state index contributed by atoms with van der Waals surface area (Å²) in [5, 5.41) is 0. The van der Waals surface area contributed by atoms with E-state index in [4.69, 9.17) is 19.9 Å². The molecule has 2 atom stereocenters. The number of ether oxygens (including phenoxy) is 3. The van der Waals surface area contributed by atoms with E-state index in [0.29, 0.717) is 18.4 Å². The van der Waals surface area contributed by atoms with Gasteiger partial charge in [0.15, 0.2) is 11.5 Å². The quantitative estimate of drug-likeness (QED) is 0.105. The second kappa shape index (κ2) is 14.9. The summed E-state index contributed by atoms with van der Waals surface area (Å²) >= 11 is 8.79. The summed E-state index contributed by atoms with van der Waals surface area (Å²) in [6.45, 7) is 14.1. The maximum Gasteiger partial charge on any atom is 0.323 e. The number of carbonyl (C=O) groups excluding carboxylic acids is 4. The van der Waals surface area contributed by atoms with E-state index < -0.39 is 34.8 Å². The molecular weight excluding hydrogens is 552 g/mol. The van der Waals surface area contributed by atoms with E-state index in [-0.39, 0.29) is 35.0 Å². The fraction of sp³-hybridized carbons (Fsp3) is 0.586. The number of benzene rings is 1. The topological polar surface area (TPSA) is 125 Å². The summed E-state index contributed by atoms with van der Waals surface area (Å²) in [7, 11) is 1.64. The molecule has 0 aliphatic rings. The van der Waals surface area contributed by atoms with Crippen molar-refractivity contribution in [3.05, 3.63) is 35.0 Å². The molecule has 0 aliphatic heterocycles. The minimum absolute atomic E-state index is 0.0562. The maximum atomic E-state index is 12.7. The number of esters is 3. The number of nitrogens with zero attached hydrogens (tertiary/aromatic N) is 1. The normalized spacial score (nSPS) is 14.1. The Morgan fingerprint density at radius 3 is 2.00 bits per heavy atom. The van der Waals surface area contributed by atoms with Gasteiger partial charge in [0, 0.05) is 19.2 Å². The van der Waals surface area contributed by atoms with Gasteiger partial charge in [0.05, 0.1) is 22.0 Å². The molecule has 40 heavy (non-hydrogen) atoms. The van der Waals surface area contributed by atoms with E-state index >= 15 is 0 Å². The van der Waals surface area contributed by atoms with Gasteiger partial charge in [-0.1, -0.05) is 13.0 Å². The van der Waals surface area contributed by atoms with Crippen LogP contribution in [0.15, 0.2) is 29.5 Å². The van der Waals surface area contributed by atoms with Gasteiger partial charge in [-0.2, -0.15) is 25.3 Å². The molecule has 0 aliphatic carbocycles. The van der Waals surface area contributed by atoms with E-state index in [1.54, 1.807) is 54.7 Å². The molecule has 1 aromatic rings. The highest BCUT2D eigenvalue weighted by atomic mass is 32.2. The second-order valence-corrected chi connectivity index (χ2v) is 13.3. The van der Waals surface area contributed by atoms with E-state index in [0.717, 1.165) is 11.3 Å². The molecule has 2 N–H and O–H groups in total. The fourth-order valence-corrected chi connectivity index (χ4v) is 3.64. The van der Waals surface area contributed by atoms with Crippen LogP contribution < -0.4 is 15.2 Å². The van der Waals surface area contributed by atoms with Gasteiger partial charge in [0.2, 0.25) is 6.41 Å². The highest BCUT2D eigenvalue weighted by Gasteiger charge is 2.29. The third kappa shape index (κ3) is 10.8. The summed E-state index contributed by atoms with van der Waals surface area (Å²) in [6, 6.07) is 3.69. The maximum absolute atomic E-state index is 12.7. The number of amides is 1. The smallest absolute Gasteiger partial charge is 0.323 e. The largest absolute Gasteiger partial charge is 0.464 e. The summed E-state index contributed by atoms with van der Waals surface area (Å²) in [5.74, 6) is -1.55. The lowest BCUT2D eigenvalue weighted by molar-refractivity contribution is -0.145. The van der Waals surface area contributed by atoms with Crippen molar-refractivity contribution in [2.24, 2.45) is 22.5 Å². The molecule has 1 amide bonds. The standard InChI is InChI=1S/C29H44N2O7S2/c1-17(25(39)40)20(18(2)31(9)16-32)12-13-36-24(33)21(30)14-19-10-11-22(37-26(34)28(3,4)5)23(15-19)38-27(35)29(6,7)8/h10-11,15-17,21,25,39-40H,12-14,30H2,1-9H3. The summed E-state index contributed by atoms with van der Waals surface area (Å²) in [4.78, 5) is 50.4. The molecule has 0 heterocycles. The molecular formula is C29H44N2O7S2. The first-order chi connectivity index (χ1) is 18.3. The van der Waals surface area contributed by atoms with Gasteiger partial charge >= 0.3 is 17.9 Å². The van der Waals surface area contributed by atoms with Crippen molar-refractivity contribution in [3.63, 3.8) is 0 Å². The number of thiol groups is 2. The predicted molar refractivity (Wildman–Crippen MR) is 161 cm³/mol. The number of nitrogens with two attached hydrogens (primary N) is 1. The molecule has 1 aromatic carbocycles. The first-order valence-electron chi connectivity index (χ1n) is 13.0. The lowest BCUT2D eigenvalue weighted by atomic mass is 9.97. The van der Waals surface area contributed by atoms with Crippen LogP contribution in [0.3, 0.4) is 0 Å². The molecule has 1 rings (SSSR count). The average molecular weight is 597 g/mol. The van der Waals surface area contributed by atoms with Crippen molar-refractivity contribution in [3.8, 4) is 11.5 Å². The Kier molecular flexibility index (Phi) is 13.3. The lowest BCUT2D eigenvalue weighted by Crippen LogP contribution is -2.35. The van der Waals surface area contributed by atoms with E-state index in [1.807, 2.05) is 13.8 Å². The summed E-state index contributed by atoms with van der Waals surface area (Å²) in [5.41, 5.74) is 6.78. The van der Waals surface area contributed by atoms with Gasteiger partial charge in [-0.3, -0.25) is 19.2 Å². The number of hydrogen-bond donors (Lipinski definition) is 3. The van der Waals surface area contributed by atoms with Crippen molar-refractivity contribution in [1.82, 2.24) is 4.90 Å². The minimum atomic E-state index is -1.000. The molecule has 0 saturated carbocycles. The Bertz CT molecular complexity index is 1100. The number of carbonyl (C=O) groups is 4. The van der Waals surface area contributed by atoms with Crippen molar-refractivity contribution in [2.75, 3.05) is 13.7 Å². The van der Waals surface area contributed by atoms with Gasteiger partial charge in [0.1, 0.15) is 6.04 Å². The van der Waals surface area contributed by atoms with Crippen LogP contribution >= 0.6 is 25.3 Å². The van der Waals surface area contributed by atoms with E-state index in [1.165, 1.54) is 17.0 Å². The highest BCUT2D eigenvalue weighted by molar-refractivity contribution is 7.99. The zero-order valence-corrected chi connectivity index (χ0v) is 26.7. The zero-order valence-electron chi connectivity index (χ0n) is 24.9. The Balaban J connectivity index is 3.05. The van der Waals surface area contributed by atoms with Crippen LogP contribution in [-0.4, -0.2) is 53.5 Å². The van der Waals surface area contributed by atoms with Crippen molar-refractivity contribution in [2.45, 2.75) is 78.9 Å². The molecule has 0 spiro atoms. The number of rotatable bonds is 12. The molecule has 0 bridgehead atoms. The van der Waals surface area contributed by atoms with Crippen LogP contribution in [0.2, 0.25) is 0 Å². The van der Waals surface area contributed by atoms with Crippen LogP contribution in [0.25, 0.3) is 0 Å². The van der Waals surface area contributed by atoms with Crippen LogP contribution in [0.4, 0.5) is 0 Å². The molecule has 11 heteroatoms. The molecule has 0 fully saturated rings. The zero-order chi connectivity index (χ0) is 31.0.